The molecule has 0 amide bonds. The zero-order chi connectivity index (χ0) is 17.3. The third-order valence-electron chi connectivity index (χ3n) is 3.56. The highest BCUT2D eigenvalue weighted by molar-refractivity contribution is 5.86. The number of aromatic nitrogens is 2. The number of ether oxygens (including phenoxy) is 2. The van der Waals surface area contributed by atoms with Gasteiger partial charge in [-0.05, 0) is 18.2 Å². The predicted molar refractivity (Wildman–Crippen MR) is 77.8 cm³/mol. The van der Waals surface area contributed by atoms with Gasteiger partial charge in [0.25, 0.3) is 0 Å². The van der Waals surface area contributed by atoms with Gasteiger partial charge in [0.2, 0.25) is 5.76 Å². The molecule has 0 aliphatic carbocycles. The van der Waals surface area contributed by atoms with E-state index in [1.807, 2.05) is 0 Å². The van der Waals surface area contributed by atoms with Crippen molar-refractivity contribution in [2.24, 2.45) is 0 Å². The standard InChI is InChI=1S/C14H15N3O7/c15-9-3-4-17(14(21)16-9)12-11(19)10(18)8(24-12)6-23-13(20)7-2-1-5-22-7/h1-5,8,10-12,18-19H,6H2,(H2,15,16,21)/t8-,10-,11-,12-/m1/s1. The van der Waals surface area contributed by atoms with Crippen LogP contribution in [0.1, 0.15) is 16.8 Å². The van der Waals surface area contributed by atoms with Gasteiger partial charge in [-0.25, -0.2) is 9.59 Å². The van der Waals surface area contributed by atoms with E-state index in [9.17, 15) is 19.8 Å². The molecule has 0 spiro atoms. The first-order chi connectivity index (χ1) is 11.5. The molecule has 1 saturated heterocycles. The van der Waals surface area contributed by atoms with Crippen LogP contribution >= 0.6 is 0 Å². The van der Waals surface area contributed by atoms with Crippen LogP contribution in [0, 0.1) is 0 Å². The van der Waals surface area contributed by atoms with Crippen molar-refractivity contribution in [2.45, 2.75) is 24.5 Å². The lowest BCUT2D eigenvalue weighted by atomic mass is 10.1. The van der Waals surface area contributed by atoms with Crippen molar-refractivity contribution >= 4 is 11.8 Å². The minimum absolute atomic E-state index is 0.00135. The third kappa shape index (κ3) is 3.02. The Labute approximate surface area is 135 Å². The lowest BCUT2D eigenvalue weighted by Crippen LogP contribution is -2.36. The van der Waals surface area contributed by atoms with Gasteiger partial charge in [0.05, 0.1) is 6.26 Å². The number of nitrogens with zero attached hydrogens (tertiary/aromatic N) is 2. The van der Waals surface area contributed by atoms with Crippen molar-refractivity contribution in [2.75, 3.05) is 12.3 Å². The summed E-state index contributed by atoms with van der Waals surface area (Å²) in [6, 6.07) is 4.30. The third-order valence-corrected chi connectivity index (χ3v) is 3.56. The van der Waals surface area contributed by atoms with E-state index in [0.717, 1.165) is 4.57 Å². The number of anilines is 1. The van der Waals surface area contributed by atoms with Crippen LogP contribution in [0.2, 0.25) is 0 Å². The van der Waals surface area contributed by atoms with Crippen molar-refractivity contribution < 1.29 is 28.9 Å². The summed E-state index contributed by atoms with van der Waals surface area (Å²) < 4.78 is 16.3. The number of aliphatic hydroxyl groups excluding tert-OH is 2. The molecule has 1 aliphatic heterocycles. The smallest absolute Gasteiger partial charge is 0.374 e. The van der Waals surface area contributed by atoms with Gasteiger partial charge in [0, 0.05) is 6.20 Å². The highest BCUT2D eigenvalue weighted by atomic mass is 16.6. The number of hydrogen-bond donors (Lipinski definition) is 3. The van der Waals surface area contributed by atoms with Gasteiger partial charge in [-0.2, -0.15) is 4.98 Å². The summed E-state index contributed by atoms with van der Waals surface area (Å²) in [6.45, 7) is -0.328. The number of nitrogen functional groups attached to an aromatic ring is 1. The van der Waals surface area contributed by atoms with E-state index in [2.05, 4.69) is 4.98 Å². The van der Waals surface area contributed by atoms with Crippen LogP contribution in [0.15, 0.2) is 39.9 Å². The van der Waals surface area contributed by atoms with Crippen LogP contribution in [0.3, 0.4) is 0 Å². The highest BCUT2D eigenvalue weighted by Crippen LogP contribution is 2.28. The Morgan fingerprint density at radius 2 is 2.17 bits per heavy atom. The van der Waals surface area contributed by atoms with Crippen molar-refractivity contribution in [3.8, 4) is 0 Å². The Morgan fingerprint density at radius 1 is 1.38 bits per heavy atom. The van der Waals surface area contributed by atoms with Crippen molar-refractivity contribution in [1.82, 2.24) is 9.55 Å². The van der Waals surface area contributed by atoms with Crippen LogP contribution in [-0.2, 0) is 9.47 Å². The summed E-state index contributed by atoms with van der Waals surface area (Å²) in [5, 5.41) is 20.1. The Balaban J connectivity index is 1.68. The van der Waals surface area contributed by atoms with Gasteiger partial charge in [0.15, 0.2) is 6.23 Å². The topological polar surface area (TPSA) is 150 Å². The van der Waals surface area contributed by atoms with E-state index < -0.39 is 36.2 Å². The number of carbonyl (C=O) groups excluding carboxylic acids is 1. The zero-order valence-corrected chi connectivity index (χ0v) is 12.3. The number of furan rings is 1. The second kappa shape index (κ2) is 6.43. The average Bonchev–Trinajstić information content (AvgIpc) is 3.17. The molecular weight excluding hydrogens is 322 g/mol. The summed E-state index contributed by atoms with van der Waals surface area (Å²) in [4.78, 5) is 27.0. The predicted octanol–water partition coefficient (Wildman–Crippen LogP) is -1.11. The van der Waals surface area contributed by atoms with E-state index in [1.54, 1.807) is 0 Å². The molecule has 0 unspecified atom stereocenters. The molecule has 128 valence electrons. The molecular formula is C14H15N3O7. The molecule has 24 heavy (non-hydrogen) atoms. The number of aliphatic hydroxyl groups is 2. The van der Waals surface area contributed by atoms with E-state index in [4.69, 9.17) is 19.6 Å². The first-order valence-electron chi connectivity index (χ1n) is 7.04. The Hall–Kier alpha value is -2.69. The number of esters is 1. The molecule has 4 N–H and O–H groups in total. The molecule has 4 atom stereocenters. The molecule has 10 heteroatoms. The Bertz CT molecular complexity index is 773. The fourth-order valence-corrected chi connectivity index (χ4v) is 2.34. The van der Waals surface area contributed by atoms with Gasteiger partial charge in [0.1, 0.15) is 30.7 Å². The Morgan fingerprint density at radius 3 is 2.83 bits per heavy atom. The van der Waals surface area contributed by atoms with Crippen LogP contribution in [0.4, 0.5) is 5.82 Å². The van der Waals surface area contributed by atoms with Gasteiger partial charge >= 0.3 is 11.7 Å². The molecule has 0 radical (unpaired) electrons. The molecule has 0 saturated carbocycles. The second-order valence-corrected chi connectivity index (χ2v) is 5.16. The lowest BCUT2D eigenvalue weighted by Gasteiger charge is -2.16. The maximum absolute atomic E-state index is 11.8. The van der Waals surface area contributed by atoms with E-state index in [-0.39, 0.29) is 18.2 Å². The second-order valence-electron chi connectivity index (χ2n) is 5.16. The largest absolute Gasteiger partial charge is 0.457 e. The van der Waals surface area contributed by atoms with E-state index in [0.29, 0.717) is 0 Å². The zero-order valence-electron chi connectivity index (χ0n) is 12.3. The maximum Gasteiger partial charge on any atom is 0.374 e. The number of rotatable bonds is 4. The molecule has 3 rings (SSSR count). The fourth-order valence-electron chi connectivity index (χ4n) is 2.34. The summed E-state index contributed by atoms with van der Waals surface area (Å²) in [5.74, 6) is -0.716. The van der Waals surface area contributed by atoms with Crippen LogP contribution in [0.5, 0.6) is 0 Å². The molecule has 1 aliphatic rings. The minimum Gasteiger partial charge on any atom is -0.457 e. The Kier molecular flexibility index (Phi) is 4.34. The fraction of sp³-hybridized carbons (Fsp3) is 0.357. The van der Waals surface area contributed by atoms with Gasteiger partial charge in [-0.15, -0.1) is 0 Å². The maximum atomic E-state index is 11.8. The number of carbonyl (C=O) groups is 1. The first-order valence-corrected chi connectivity index (χ1v) is 7.04. The summed E-state index contributed by atoms with van der Waals surface area (Å²) in [7, 11) is 0. The number of hydrogen-bond acceptors (Lipinski definition) is 9. The SMILES string of the molecule is Nc1ccn([C@@H]2O[C@H](COC(=O)c3ccco3)[C@@H](O)[C@H]2O)c(=O)n1. The molecule has 2 aromatic rings. The highest BCUT2D eigenvalue weighted by Gasteiger charge is 2.44. The van der Waals surface area contributed by atoms with Crippen LogP contribution < -0.4 is 11.4 Å². The molecule has 2 aromatic heterocycles. The average molecular weight is 337 g/mol. The lowest BCUT2D eigenvalue weighted by molar-refractivity contribution is -0.0603. The molecule has 0 bridgehead atoms. The molecule has 10 nitrogen and oxygen atoms in total. The quantitative estimate of drug-likeness (QED) is 0.590. The molecule has 0 aromatic carbocycles. The van der Waals surface area contributed by atoms with Gasteiger partial charge < -0.3 is 29.8 Å². The normalized spacial score (nSPS) is 26.4. The van der Waals surface area contributed by atoms with Gasteiger partial charge in [-0.1, -0.05) is 0 Å². The van der Waals surface area contributed by atoms with Crippen LogP contribution in [-0.4, -0.2) is 50.7 Å². The molecule has 1 fully saturated rings. The van der Waals surface area contributed by atoms with Crippen LogP contribution in [0.25, 0.3) is 0 Å². The minimum atomic E-state index is -1.40. The summed E-state index contributed by atoms with van der Waals surface area (Å²) in [5.41, 5.74) is 4.66. The number of nitrogens with two attached hydrogens (primary N) is 1. The summed E-state index contributed by atoms with van der Waals surface area (Å²) in [6.07, 6.45) is -2.34. The van der Waals surface area contributed by atoms with Crippen molar-refractivity contribution in [3.63, 3.8) is 0 Å². The van der Waals surface area contributed by atoms with Gasteiger partial charge in [-0.3, -0.25) is 4.57 Å². The monoisotopic (exact) mass is 337 g/mol. The van der Waals surface area contributed by atoms with E-state index >= 15 is 0 Å². The molecule has 3 heterocycles. The van der Waals surface area contributed by atoms with E-state index in [1.165, 1.54) is 30.7 Å². The van der Waals surface area contributed by atoms with Crippen molar-refractivity contribution in [3.05, 3.63) is 46.9 Å². The first kappa shape index (κ1) is 16.2. The van der Waals surface area contributed by atoms with Crippen molar-refractivity contribution in [1.29, 1.82) is 0 Å². The summed E-state index contributed by atoms with van der Waals surface area (Å²) >= 11 is 0.